The Hall–Kier alpha value is -3.55. The first-order chi connectivity index (χ1) is 12.5. The van der Waals surface area contributed by atoms with Gasteiger partial charge in [-0.25, -0.2) is 14.0 Å². The second kappa shape index (κ2) is 7.14. The highest BCUT2D eigenvalue weighted by molar-refractivity contribution is 5.94. The number of nitrogens with one attached hydrogen (secondary N) is 1. The number of aromatic amines is 1. The number of hydrogen-bond donors (Lipinski definition) is 2. The molecule has 0 aliphatic rings. The van der Waals surface area contributed by atoms with E-state index in [1.54, 1.807) is 31.2 Å². The molecule has 1 aromatic heterocycles. The van der Waals surface area contributed by atoms with Gasteiger partial charge in [-0.15, -0.1) is 5.10 Å². The Morgan fingerprint density at radius 3 is 2.42 bits per heavy atom. The number of halogens is 1. The number of carboxylic acids is 1. The van der Waals surface area contributed by atoms with Crippen LogP contribution in [0.25, 0.3) is 22.4 Å². The van der Waals surface area contributed by atoms with Crippen LogP contribution >= 0.6 is 0 Å². The zero-order valence-corrected chi connectivity index (χ0v) is 13.7. The molecule has 132 valence electrons. The molecule has 0 atom stereocenters. The Morgan fingerprint density at radius 1 is 1.12 bits per heavy atom. The number of carboxylic acid groups (broad SMARTS) is 1. The first-order valence-corrected chi connectivity index (χ1v) is 7.72. The highest BCUT2D eigenvalue weighted by Gasteiger charge is 2.19. The van der Waals surface area contributed by atoms with Gasteiger partial charge in [0.15, 0.2) is 5.69 Å². The third-order valence-corrected chi connectivity index (χ3v) is 3.70. The Labute approximate surface area is 147 Å². The molecule has 0 amide bonds. The summed E-state index contributed by atoms with van der Waals surface area (Å²) in [4.78, 5) is 22.8. The van der Waals surface area contributed by atoms with Gasteiger partial charge in [-0.2, -0.15) is 10.3 Å². The summed E-state index contributed by atoms with van der Waals surface area (Å²) < 4.78 is 19.1. The van der Waals surface area contributed by atoms with Gasteiger partial charge in [0.2, 0.25) is 0 Å². The van der Waals surface area contributed by atoms with Gasteiger partial charge >= 0.3 is 11.9 Å². The number of ether oxygens (including phenoxy) is 1. The third kappa shape index (κ3) is 3.30. The Bertz CT molecular complexity index is 967. The van der Waals surface area contributed by atoms with Crippen molar-refractivity contribution in [3.05, 3.63) is 59.5 Å². The van der Waals surface area contributed by atoms with Crippen molar-refractivity contribution in [2.45, 2.75) is 6.92 Å². The molecule has 0 bridgehead atoms. The van der Waals surface area contributed by atoms with Gasteiger partial charge in [-0.1, -0.05) is 30.3 Å². The minimum atomic E-state index is -1.19. The zero-order valence-electron chi connectivity index (χ0n) is 13.7. The van der Waals surface area contributed by atoms with Crippen molar-refractivity contribution in [3.8, 4) is 22.4 Å². The van der Waals surface area contributed by atoms with Crippen LogP contribution in [-0.4, -0.2) is 39.1 Å². The molecule has 26 heavy (non-hydrogen) atoms. The number of H-pyrrole nitrogens is 1. The number of carbonyl (C=O) groups excluding carboxylic acids is 1. The number of hydrogen-bond acceptors (Lipinski definition) is 5. The van der Waals surface area contributed by atoms with E-state index in [1.807, 2.05) is 0 Å². The monoisotopic (exact) mass is 355 g/mol. The van der Waals surface area contributed by atoms with Crippen LogP contribution in [0.15, 0.2) is 42.5 Å². The molecule has 0 fully saturated rings. The van der Waals surface area contributed by atoms with Crippen LogP contribution in [-0.2, 0) is 4.74 Å². The fourth-order valence-corrected chi connectivity index (χ4v) is 2.46. The van der Waals surface area contributed by atoms with Gasteiger partial charge in [-0.05, 0) is 24.6 Å². The summed E-state index contributed by atoms with van der Waals surface area (Å²) in [7, 11) is 0. The Morgan fingerprint density at radius 2 is 1.81 bits per heavy atom. The predicted octanol–water partition coefficient (Wildman–Crippen LogP) is 3.15. The van der Waals surface area contributed by atoms with Crippen LogP contribution in [0.1, 0.15) is 27.8 Å². The summed E-state index contributed by atoms with van der Waals surface area (Å²) >= 11 is 0. The molecule has 1 heterocycles. The average Bonchev–Trinajstić information content (AvgIpc) is 3.12. The van der Waals surface area contributed by atoms with E-state index in [0.29, 0.717) is 16.8 Å². The molecule has 0 saturated heterocycles. The van der Waals surface area contributed by atoms with E-state index in [4.69, 9.17) is 9.84 Å². The smallest absolute Gasteiger partial charge is 0.361 e. The number of aromatic nitrogens is 3. The van der Waals surface area contributed by atoms with Crippen molar-refractivity contribution < 1.29 is 23.8 Å². The lowest BCUT2D eigenvalue weighted by molar-refractivity contribution is 0.0519. The molecule has 2 N–H and O–H groups in total. The fraction of sp³-hybridized carbons (Fsp3) is 0.111. The molecule has 3 rings (SSSR count). The van der Waals surface area contributed by atoms with Crippen LogP contribution in [0.5, 0.6) is 0 Å². The van der Waals surface area contributed by atoms with Crippen LogP contribution < -0.4 is 0 Å². The normalized spacial score (nSPS) is 10.5. The van der Waals surface area contributed by atoms with Crippen LogP contribution in [0.3, 0.4) is 0 Å². The second-order valence-electron chi connectivity index (χ2n) is 5.32. The quantitative estimate of drug-likeness (QED) is 0.681. The molecule has 0 aliphatic carbocycles. The molecular formula is C18H14FN3O4. The lowest BCUT2D eigenvalue weighted by Gasteiger charge is -2.06. The van der Waals surface area contributed by atoms with Crippen molar-refractivity contribution in [3.63, 3.8) is 0 Å². The minimum absolute atomic E-state index is 0.0663. The molecule has 3 aromatic rings. The van der Waals surface area contributed by atoms with E-state index in [2.05, 4.69) is 15.4 Å². The van der Waals surface area contributed by atoms with E-state index in [9.17, 15) is 14.0 Å². The van der Waals surface area contributed by atoms with Crippen molar-refractivity contribution in [1.29, 1.82) is 0 Å². The van der Waals surface area contributed by atoms with E-state index in [1.165, 1.54) is 12.1 Å². The van der Waals surface area contributed by atoms with Crippen LogP contribution in [0.4, 0.5) is 4.39 Å². The Balaban J connectivity index is 1.92. The standard InChI is InChI=1S/C18H14FN3O4/c1-2-26-18(25)16-15(20-22-21-16)11-5-3-10(4-6-11)13-8-7-12(17(23)24)9-14(13)19/h3-9H,2H2,1H3,(H,23,24)(H,20,21,22). The summed E-state index contributed by atoms with van der Waals surface area (Å²) in [5.41, 5.74) is 1.71. The first kappa shape index (κ1) is 17.3. The molecule has 0 saturated carbocycles. The maximum Gasteiger partial charge on any atom is 0.361 e. The van der Waals surface area contributed by atoms with E-state index >= 15 is 0 Å². The lowest BCUT2D eigenvalue weighted by Crippen LogP contribution is -2.06. The maximum absolute atomic E-state index is 14.2. The van der Waals surface area contributed by atoms with Crippen molar-refractivity contribution in [2.75, 3.05) is 6.61 Å². The molecule has 7 nitrogen and oxygen atoms in total. The topological polar surface area (TPSA) is 105 Å². The van der Waals surface area contributed by atoms with Crippen LogP contribution in [0.2, 0.25) is 0 Å². The summed E-state index contributed by atoms with van der Waals surface area (Å²) in [6.07, 6.45) is 0. The van der Waals surface area contributed by atoms with Crippen molar-refractivity contribution in [2.24, 2.45) is 0 Å². The van der Waals surface area contributed by atoms with Gasteiger partial charge in [0.05, 0.1) is 12.2 Å². The zero-order chi connectivity index (χ0) is 18.7. The Kier molecular flexibility index (Phi) is 4.74. The predicted molar refractivity (Wildman–Crippen MR) is 90.1 cm³/mol. The fourth-order valence-electron chi connectivity index (χ4n) is 2.46. The maximum atomic E-state index is 14.2. The average molecular weight is 355 g/mol. The second-order valence-corrected chi connectivity index (χ2v) is 5.32. The number of aromatic carboxylic acids is 1. The van der Waals surface area contributed by atoms with Gasteiger partial charge < -0.3 is 9.84 Å². The first-order valence-electron chi connectivity index (χ1n) is 7.72. The number of benzene rings is 2. The summed E-state index contributed by atoms with van der Waals surface area (Å²) in [6.45, 7) is 1.91. The number of nitrogens with zero attached hydrogens (tertiary/aromatic N) is 2. The van der Waals surface area contributed by atoms with E-state index < -0.39 is 17.8 Å². The van der Waals surface area contributed by atoms with E-state index in [-0.39, 0.29) is 23.4 Å². The van der Waals surface area contributed by atoms with Gasteiger partial charge in [0.1, 0.15) is 11.5 Å². The van der Waals surface area contributed by atoms with Crippen molar-refractivity contribution >= 4 is 11.9 Å². The highest BCUT2D eigenvalue weighted by Crippen LogP contribution is 2.27. The largest absolute Gasteiger partial charge is 0.478 e. The van der Waals surface area contributed by atoms with Gasteiger partial charge in [-0.3, -0.25) is 0 Å². The molecule has 0 radical (unpaired) electrons. The van der Waals surface area contributed by atoms with Crippen LogP contribution in [0, 0.1) is 5.82 Å². The summed E-state index contributed by atoms with van der Waals surface area (Å²) in [6, 6.07) is 10.4. The number of carbonyl (C=O) groups is 2. The van der Waals surface area contributed by atoms with Gasteiger partial charge in [0.25, 0.3) is 0 Å². The van der Waals surface area contributed by atoms with Crippen molar-refractivity contribution in [1.82, 2.24) is 15.4 Å². The number of esters is 1. The summed E-state index contributed by atoms with van der Waals surface area (Å²) in [5.74, 6) is -2.41. The minimum Gasteiger partial charge on any atom is -0.478 e. The molecule has 0 unspecified atom stereocenters. The molecular weight excluding hydrogens is 341 g/mol. The molecule has 8 heteroatoms. The highest BCUT2D eigenvalue weighted by atomic mass is 19.1. The van der Waals surface area contributed by atoms with E-state index in [0.717, 1.165) is 6.07 Å². The molecule has 2 aromatic carbocycles. The molecule has 0 spiro atoms. The SMILES string of the molecule is CCOC(=O)c1n[nH]nc1-c1ccc(-c2ccc(C(=O)O)cc2F)cc1. The molecule has 0 aliphatic heterocycles. The third-order valence-electron chi connectivity index (χ3n) is 3.70. The van der Waals surface area contributed by atoms with Gasteiger partial charge in [0, 0.05) is 11.1 Å². The number of rotatable bonds is 5. The summed E-state index contributed by atoms with van der Waals surface area (Å²) in [5, 5.41) is 19.1. The lowest BCUT2D eigenvalue weighted by atomic mass is 10.0.